The number of carbonyl (C=O) groups is 1. The van der Waals surface area contributed by atoms with Gasteiger partial charge in [-0.15, -0.1) is 11.3 Å². The van der Waals surface area contributed by atoms with Crippen LogP contribution in [-0.4, -0.2) is 22.1 Å². The van der Waals surface area contributed by atoms with E-state index in [4.69, 9.17) is 5.11 Å². The molecule has 1 aromatic heterocycles. The van der Waals surface area contributed by atoms with Gasteiger partial charge in [-0.3, -0.25) is 4.79 Å². The van der Waals surface area contributed by atoms with Crippen molar-refractivity contribution in [1.29, 1.82) is 0 Å². The molecule has 4 nitrogen and oxygen atoms in total. The van der Waals surface area contributed by atoms with Gasteiger partial charge in [-0.25, -0.2) is 4.98 Å². The predicted octanol–water partition coefficient (Wildman–Crippen LogP) is 3.01. The third-order valence-electron chi connectivity index (χ3n) is 3.92. The summed E-state index contributed by atoms with van der Waals surface area (Å²) in [6, 6.07) is 0.512. The van der Waals surface area contributed by atoms with Crippen molar-refractivity contribution in [1.82, 2.24) is 4.98 Å². The first-order valence-electron chi connectivity index (χ1n) is 6.49. The van der Waals surface area contributed by atoms with Gasteiger partial charge in [-0.1, -0.05) is 13.8 Å². The van der Waals surface area contributed by atoms with E-state index in [0.29, 0.717) is 18.4 Å². The van der Waals surface area contributed by atoms with E-state index in [1.165, 1.54) is 12.8 Å². The number of hydrogen-bond donors (Lipinski definition) is 2. The Kier molecular flexibility index (Phi) is 4.22. The van der Waals surface area contributed by atoms with E-state index in [1.54, 1.807) is 11.3 Å². The maximum atomic E-state index is 10.5. The Hall–Kier alpha value is -1.10. The van der Waals surface area contributed by atoms with E-state index < -0.39 is 5.97 Å². The molecule has 1 heterocycles. The normalized spacial score (nSPS) is 27.3. The highest BCUT2D eigenvalue weighted by Gasteiger charge is 2.29. The van der Waals surface area contributed by atoms with Gasteiger partial charge in [-0.05, 0) is 24.7 Å². The van der Waals surface area contributed by atoms with Gasteiger partial charge in [-0.2, -0.15) is 0 Å². The van der Waals surface area contributed by atoms with Crippen LogP contribution < -0.4 is 5.32 Å². The van der Waals surface area contributed by atoms with Crippen molar-refractivity contribution >= 4 is 22.4 Å². The average Bonchev–Trinajstić information content (AvgIpc) is 2.89. The molecule has 1 aromatic rings. The van der Waals surface area contributed by atoms with Gasteiger partial charge in [0, 0.05) is 17.8 Å². The summed E-state index contributed by atoms with van der Waals surface area (Å²) < 4.78 is 0. The van der Waals surface area contributed by atoms with E-state index in [-0.39, 0.29) is 6.42 Å². The summed E-state index contributed by atoms with van der Waals surface area (Å²) in [5.41, 5.74) is 0.878. The Morgan fingerprint density at radius 2 is 2.33 bits per heavy atom. The number of carboxylic acid groups (broad SMARTS) is 1. The zero-order valence-electron chi connectivity index (χ0n) is 10.8. The molecule has 2 rings (SSSR count). The fraction of sp³-hybridized carbons (Fsp3) is 0.692. The average molecular weight is 268 g/mol. The summed E-state index contributed by atoms with van der Waals surface area (Å²) in [4.78, 5) is 14.9. The lowest BCUT2D eigenvalue weighted by molar-refractivity contribution is -0.136. The molecule has 3 atom stereocenters. The lowest BCUT2D eigenvalue weighted by Gasteiger charge is -2.18. The topological polar surface area (TPSA) is 62.2 Å². The molecule has 0 radical (unpaired) electrons. The number of anilines is 1. The molecule has 0 spiro atoms. The lowest BCUT2D eigenvalue weighted by atomic mass is 9.98. The number of rotatable bonds is 5. The first-order valence-corrected chi connectivity index (χ1v) is 7.37. The number of aryl methyl sites for hydroxylation is 1. The monoisotopic (exact) mass is 268 g/mol. The Labute approximate surface area is 111 Å². The maximum Gasteiger partial charge on any atom is 0.303 e. The Balaban J connectivity index is 1.88. The highest BCUT2D eigenvalue weighted by molar-refractivity contribution is 7.13. The molecular weight excluding hydrogens is 248 g/mol. The van der Waals surface area contributed by atoms with Crippen molar-refractivity contribution in [2.24, 2.45) is 11.8 Å². The largest absolute Gasteiger partial charge is 0.481 e. The first kappa shape index (κ1) is 13.3. The molecule has 1 saturated carbocycles. The molecule has 0 aliphatic heterocycles. The number of nitrogens with zero attached hydrogens (tertiary/aromatic N) is 1. The molecular formula is C13H20N2O2S. The molecule has 0 bridgehead atoms. The van der Waals surface area contributed by atoms with Crippen LogP contribution in [0.1, 0.15) is 38.8 Å². The third kappa shape index (κ3) is 3.22. The first-order chi connectivity index (χ1) is 8.56. The standard InChI is InChI=1S/C13H20N2O2S/c1-8-3-5-11(9(8)2)15-13-14-10(7-18-13)4-6-12(16)17/h7-9,11H,3-6H2,1-2H3,(H,14,15)(H,16,17). The van der Waals surface area contributed by atoms with Gasteiger partial charge in [0.05, 0.1) is 12.1 Å². The molecule has 0 aromatic carbocycles. The van der Waals surface area contributed by atoms with E-state index in [9.17, 15) is 4.79 Å². The van der Waals surface area contributed by atoms with E-state index >= 15 is 0 Å². The summed E-state index contributed by atoms with van der Waals surface area (Å²) in [6.45, 7) is 4.58. The van der Waals surface area contributed by atoms with Crippen LogP contribution in [-0.2, 0) is 11.2 Å². The van der Waals surface area contributed by atoms with Crippen molar-refractivity contribution < 1.29 is 9.90 Å². The Morgan fingerprint density at radius 3 is 2.94 bits per heavy atom. The second-order valence-electron chi connectivity index (χ2n) is 5.20. The van der Waals surface area contributed by atoms with Crippen LogP contribution in [0.15, 0.2) is 5.38 Å². The van der Waals surface area contributed by atoms with Crippen LogP contribution in [0.3, 0.4) is 0 Å². The lowest BCUT2D eigenvalue weighted by Crippen LogP contribution is -2.23. The van der Waals surface area contributed by atoms with Gasteiger partial charge in [0.25, 0.3) is 0 Å². The molecule has 1 aliphatic carbocycles. The summed E-state index contributed by atoms with van der Waals surface area (Å²) in [6.07, 6.45) is 3.15. The number of nitrogens with one attached hydrogen (secondary N) is 1. The fourth-order valence-electron chi connectivity index (χ4n) is 2.45. The van der Waals surface area contributed by atoms with Gasteiger partial charge in [0.15, 0.2) is 5.13 Å². The van der Waals surface area contributed by atoms with Crippen molar-refractivity contribution in [2.45, 2.75) is 45.6 Å². The van der Waals surface area contributed by atoms with E-state index in [2.05, 4.69) is 24.1 Å². The van der Waals surface area contributed by atoms with Gasteiger partial charge >= 0.3 is 5.97 Å². The van der Waals surface area contributed by atoms with Gasteiger partial charge in [0.1, 0.15) is 0 Å². The number of aliphatic carboxylic acids is 1. The summed E-state index contributed by atoms with van der Waals surface area (Å²) >= 11 is 1.58. The minimum atomic E-state index is -0.768. The molecule has 18 heavy (non-hydrogen) atoms. The quantitative estimate of drug-likeness (QED) is 0.861. The molecule has 5 heteroatoms. The summed E-state index contributed by atoms with van der Waals surface area (Å²) in [5.74, 6) is 0.682. The molecule has 1 aliphatic rings. The fourth-order valence-corrected chi connectivity index (χ4v) is 3.26. The predicted molar refractivity (Wildman–Crippen MR) is 73.0 cm³/mol. The number of carboxylic acids is 1. The SMILES string of the molecule is CC1CCC(Nc2nc(CCC(=O)O)cs2)C1C. The van der Waals surface area contributed by atoms with Gasteiger partial charge < -0.3 is 10.4 Å². The Bertz CT molecular complexity index is 419. The van der Waals surface area contributed by atoms with Crippen LogP contribution in [0.25, 0.3) is 0 Å². The number of aromatic nitrogens is 1. The molecule has 2 N–H and O–H groups in total. The van der Waals surface area contributed by atoms with Crippen molar-refractivity contribution in [3.8, 4) is 0 Å². The molecule has 0 saturated heterocycles. The minimum absolute atomic E-state index is 0.153. The minimum Gasteiger partial charge on any atom is -0.481 e. The highest BCUT2D eigenvalue weighted by Crippen LogP contribution is 2.33. The molecule has 0 amide bonds. The number of thiazole rings is 1. The van der Waals surface area contributed by atoms with Crippen LogP contribution in [0.2, 0.25) is 0 Å². The summed E-state index contributed by atoms with van der Waals surface area (Å²) in [5, 5.41) is 15.0. The third-order valence-corrected chi connectivity index (χ3v) is 4.74. The van der Waals surface area contributed by atoms with E-state index in [1.807, 2.05) is 5.38 Å². The second-order valence-corrected chi connectivity index (χ2v) is 6.06. The van der Waals surface area contributed by atoms with E-state index in [0.717, 1.165) is 16.7 Å². The van der Waals surface area contributed by atoms with Crippen LogP contribution >= 0.6 is 11.3 Å². The van der Waals surface area contributed by atoms with Crippen molar-refractivity contribution in [3.63, 3.8) is 0 Å². The molecule has 100 valence electrons. The summed E-state index contributed by atoms with van der Waals surface area (Å²) in [7, 11) is 0. The van der Waals surface area contributed by atoms with Crippen LogP contribution in [0.5, 0.6) is 0 Å². The van der Waals surface area contributed by atoms with Gasteiger partial charge in [0.2, 0.25) is 0 Å². The Morgan fingerprint density at radius 1 is 1.56 bits per heavy atom. The zero-order chi connectivity index (χ0) is 13.1. The van der Waals surface area contributed by atoms with Crippen molar-refractivity contribution in [2.75, 3.05) is 5.32 Å². The number of hydrogen-bond acceptors (Lipinski definition) is 4. The molecule has 1 fully saturated rings. The zero-order valence-corrected chi connectivity index (χ0v) is 11.7. The smallest absolute Gasteiger partial charge is 0.303 e. The molecule has 3 unspecified atom stereocenters. The maximum absolute atomic E-state index is 10.5. The highest BCUT2D eigenvalue weighted by atomic mass is 32.1. The van der Waals surface area contributed by atoms with Crippen molar-refractivity contribution in [3.05, 3.63) is 11.1 Å². The second kappa shape index (κ2) is 5.69. The van der Waals surface area contributed by atoms with Crippen LogP contribution in [0.4, 0.5) is 5.13 Å². The van der Waals surface area contributed by atoms with Crippen LogP contribution in [0, 0.1) is 11.8 Å².